The zero-order valence-corrected chi connectivity index (χ0v) is 12.1. The van der Waals surface area contributed by atoms with Gasteiger partial charge in [-0.2, -0.15) is 0 Å². The summed E-state index contributed by atoms with van der Waals surface area (Å²) in [6, 6.07) is 2.97. The van der Waals surface area contributed by atoms with Crippen molar-refractivity contribution < 1.29 is 14.7 Å². The molecule has 0 saturated carbocycles. The van der Waals surface area contributed by atoms with Crippen molar-refractivity contribution in [3.63, 3.8) is 0 Å². The van der Waals surface area contributed by atoms with Crippen molar-refractivity contribution in [2.24, 2.45) is 0 Å². The van der Waals surface area contributed by atoms with Crippen molar-refractivity contribution in [3.8, 4) is 5.75 Å². The Morgan fingerprint density at radius 2 is 2.00 bits per heavy atom. The molecule has 106 valence electrons. The first-order valence-corrected chi connectivity index (χ1v) is 7.21. The molecule has 0 unspecified atom stereocenters. The zero-order valence-electron chi connectivity index (χ0n) is 10.6. The molecule has 2 saturated heterocycles. The van der Waals surface area contributed by atoms with E-state index < -0.39 is 0 Å². The number of aromatic hydroxyl groups is 1. The lowest BCUT2D eigenvalue weighted by Gasteiger charge is -2.28. The lowest BCUT2D eigenvalue weighted by atomic mass is 9.93. The molecule has 3 rings (SSSR count). The SMILES string of the molecule is O=C1CC(=O)N2C[C@@H](c3c(O)ccc(Cl)c3Cl)C[C@H]2C1. The molecule has 0 aliphatic carbocycles. The number of piperidine rings is 1. The molecule has 0 bridgehead atoms. The number of ketones is 1. The Balaban J connectivity index is 1.93. The number of amides is 1. The van der Waals surface area contributed by atoms with Crippen molar-refractivity contribution in [2.75, 3.05) is 6.54 Å². The van der Waals surface area contributed by atoms with E-state index in [1.165, 1.54) is 6.07 Å². The third-order valence-electron chi connectivity index (χ3n) is 4.06. The number of hydrogen-bond acceptors (Lipinski definition) is 3. The highest BCUT2D eigenvalue weighted by Crippen LogP contribution is 2.44. The minimum absolute atomic E-state index is 0.0154. The van der Waals surface area contributed by atoms with Crippen molar-refractivity contribution >= 4 is 34.9 Å². The maximum absolute atomic E-state index is 11.9. The molecule has 0 radical (unpaired) electrons. The molecule has 2 fully saturated rings. The molecule has 1 aromatic carbocycles. The molecule has 2 atom stereocenters. The van der Waals surface area contributed by atoms with E-state index in [0.29, 0.717) is 35.0 Å². The smallest absolute Gasteiger partial charge is 0.230 e. The summed E-state index contributed by atoms with van der Waals surface area (Å²) in [5.41, 5.74) is 0.578. The molecular formula is C14H13Cl2NO3. The normalized spacial score (nSPS) is 26.0. The van der Waals surface area contributed by atoms with Gasteiger partial charge in [-0.15, -0.1) is 0 Å². The highest BCUT2D eigenvalue weighted by atomic mass is 35.5. The van der Waals surface area contributed by atoms with Gasteiger partial charge in [0.25, 0.3) is 0 Å². The summed E-state index contributed by atoms with van der Waals surface area (Å²) in [4.78, 5) is 25.1. The fourth-order valence-electron chi connectivity index (χ4n) is 3.17. The van der Waals surface area contributed by atoms with Gasteiger partial charge in [0.2, 0.25) is 5.91 Å². The summed E-state index contributed by atoms with van der Waals surface area (Å²) in [7, 11) is 0. The minimum Gasteiger partial charge on any atom is -0.508 e. The standard InChI is InChI=1S/C14H13Cl2NO3/c15-10-1-2-11(19)13(14(10)16)7-3-8-4-9(18)5-12(20)17(8)6-7/h1-2,7-8,19H,3-6H2/t7-,8-/m0/s1. The first kappa shape index (κ1) is 13.7. The van der Waals surface area contributed by atoms with Gasteiger partial charge in [0.05, 0.1) is 16.5 Å². The fourth-order valence-corrected chi connectivity index (χ4v) is 3.65. The topological polar surface area (TPSA) is 57.6 Å². The number of carbonyl (C=O) groups excluding carboxylic acids is 2. The van der Waals surface area contributed by atoms with Crippen LogP contribution in [0.3, 0.4) is 0 Å². The van der Waals surface area contributed by atoms with Crippen LogP contribution in [0.4, 0.5) is 0 Å². The van der Waals surface area contributed by atoms with Gasteiger partial charge in [-0.25, -0.2) is 0 Å². The molecule has 20 heavy (non-hydrogen) atoms. The number of carbonyl (C=O) groups is 2. The number of halogens is 2. The van der Waals surface area contributed by atoms with Gasteiger partial charge in [-0.1, -0.05) is 23.2 Å². The summed E-state index contributed by atoms with van der Waals surface area (Å²) in [5, 5.41) is 10.7. The van der Waals surface area contributed by atoms with Gasteiger partial charge in [0.15, 0.2) is 0 Å². The number of phenolic OH excluding ortho intramolecular Hbond substituents is 1. The van der Waals surface area contributed by atoms with Crippen molar-refractivity contribution in [1.82, 2.24) is 4.90 Å². The lowest BCUT2D eigenvalue weighted by Crippen LogP contribution is -2.42. The lowest BCUT2D eigenvalue weighted by molar-refractivity contribution is -0.140. The van der Waals surface area contributed by atoms with Gasteiger partial charge in [-0.05, 0) is 18.6 Å². The maximum atomic E-state index is 11.9. The van der Waals surface area contributed by atoms with E-state index in [2.05, 4.69) is 0 Å². The highest BCUT2D eigenvalue weighted by Gasteiger charge is 2.42. The Kier molecular flexibility index (Phi) is 3.38. The predicted molar refractivity (Wildman–Crippen MR) is 75.2 cm³/mol. The molecule has 2 aliphatic rings. The van der Waals surface area contributed by atoms with Crippen LogP contribution in [0.5, 0.6) is 5.75 Å². The fraction of sp³-hybridized carbons (Fsp3) is 0.429. The first-order valence-electron chi connectivity index (χ1n) is 6.45. The van der Waals surface area contributed by atoms with E-state index in [1.807, 2.05) is 0 Å². The molecule has 1 N–H and O–H groups in total. The van der Waals surface area contributed by atoms with Crippen LogP contribution in [0.15, 0.2) is 12.1 Å². The highest BCUT2D eigenvalue weighted by molar-refractivity contribution is 6.42. The van der Waals surface area contributed by atoms with Crippen molar-refractivity contribution in [2.45, 2.75) is 31.2 Å². The zero-order chi connectivity index (χ0) is 14.4. The van der Waals surface area contributed by atoms with Crippen molar-refractivity contribution in [1.29, 1.82) is 0 Å². The second-order valence-corrected chi connectivity index (χ2v) is 6.13. The summed E-state index contributed by atoms with van der Waals surface area (Å²) >= 11 is 12.2. The predicted octanol–water partition coefficient (Wildman–Crippen LogP) is 2.75. The summed E-state index contributed by atoms with van der Waals surface area (Å²) in [5.74, 6) is -0.145. The molecule has 2 aliphatic heterocycles. The Labute approximate surface area is 126 Å². The third-order valence-corrected chi connectivity index (χ3v) is 4.88. The molecule has 1 amide bonds. The molecular weight excluding hydrogens is 301 g/mol. The Morgan fingerprint density at radius 1 is 1.25 bits per heavy atom. The van der Waals surface area contributed by atoms with E-state index in [-0.39, 0.29) is 35.8 Å². The van der Waals surface area contributed by atoms with Crippen LogP contribution in [-0.2, 0) is 9.59 Å². The molecule has 1 aromatic rings. The van der Waals surface area contributed by atoms with Gasteiger partial charge in [0, 0.05) is 30.5 Å². The Hall–Kier alpha value is -1.26. The third kappa shape index (κ3) is 2.17. The Bertz CT molecular complexity index is 602. The average molecular weight is 314 g/mol. The van der Waals surface area contributed by atoms with Crippen LogP contribution < -0.4 is 0 Å². The van der Waals surface area contributed by atoms with Gasteiger partial charge in [0.1, 0.15) is 11.5 Å². The summed E-state index contributed by atoms with van der Waals surface area (Å²) < 4.78 is 0. The van der Waals surface area contributed by atoms with Gasteiger partial charge >= 0.3 is 0 Å². The van der Waals surface area contributed by atoms with Crippen LogP contribution in [0.25, 0.3) is 0 Å². The molecule has 2 heterocycles. The van der Waals surface area contributed by atoms with E-state index in [1.54, 1.807) is 11.0 Å². The molecule has 6 heteroatoms. The Morgan fingerprint density at radius 3 is 2.75 bits per heavy atom. The number of rotatable bonds is 1. The van der Waals surface area contributed by atoms with E-state index in [4.69, 9.17) is 23.2 Å². The molecule has 4 nitrogen and oxygen atoms in total. The monoisotopic (exact) mass is 313 g/mol. The maximum Gasteiger partial charge on any atom is 0.230 e. The van der Waals surface area contributed by atoms with Crippen LogP contribution >= 0.6 is 23.2 Å². The van der Waals surface area contributed by atoms with E-state index in [0.717, 1.165) is 0 Å². The van der Waals surface area contributed by atoms with Gasteiger partial charge in [-0.3, -0.25) is 9.59 Å². The van der Waals surface area contributed by atoms with E-state index >= 15 is 0 Å². The number of benzene rings is 1. The second-order valence-electron chi connectivity index (χ2n) is 5.35. The summed E-state index contributed by atoms with van der Waals surface area (Å²) in [6.45, 7) is 0.477. The number of phenols is 1. The van der Waals surface area contributed by atoms with E-state index in [9.17, 15) is 14.7 Å². The minimum atomic E-state index is -0.133. The van der Waals surface area contributed by atoms with Crippen LogP contribution in [0.1, 0.15) is 30.7 Å². The van der Waals surface area contributed by atoms with Crippen LogP contribution in [0.2, 0.25) is 10.0 Å². The average Bonchev–Trinajstić information content (AvgIpc) is 2.78. The number of fused-ring (bicyclic) bond motifs is 1. The second kappa shape index (κ2) is 4.93. The van der Waals surface area contributed by atoms with Gasteiger partial charge < -0.3 is 10.0 Å². The largest absolute Gasteiger partial charge is 0.508 e. The molecule has 0 spiro atoms. The molecule has 0 aromatic heterocycles. The summed E-state index contributed by atoms with van der Waals surface area (Å²) in [6.07, 6.45) is 1.00. The van der Waals surface area contributed by atoms with Crippen LogP contribution in [-0.4, -0.2) is 34.3 Å². The van der Waals surface area contributed by atoms with Crippen LogP contribution in [0, 0.1) is 0 Å². The number of Topliss-reactive ketones (excluding diaryl/α,β-unsaturated/α-hetero) is 1. The number of hydrogen-bond donors (Lipinski definition) is 1. The quantitative estimate of drug-likeness (QED) is 0.811. The van der Waals surface area contributed by atoms with Crippen molar-refractivity contribution in [3.05, 3.63) is 27.7 Å². The first-order chi connectivity index (χ1) is 9.47. The number of nitrogens with zero attached hydrogens (tertiary/aromatic N) is 1.